The Bertz CT molecular complexity index is 1020. The Morgan fingerprint density at radius 2 is 2.06 bits per heavy atom. The largest absolute Gasteiger partial charge is 0.504 e. The van der Waals surface area contributed by atoms with Crippen LogP contribution in [0.1, 0.15) is 70.4 Å². The maximum absolute atomic E-state index is 12.3. The molecule has 192 valence electrons. The fourth-order valence-corrected chi connectivity index (χ4v) is 7.83. The van der Waals surface area contributed by atoms with Gasteiger partial charge in [0, 0.05) is 37.8 Å². The molecule has 2 saturated carbocycles. The Morgan fingerprint density at radius 1 is 1.26 bits per heavy atom. The summed E-state index contributed by atoms with van der Waals surface area (Å²) in [4.78, 5) is 15.0. The lowest BCUT2D eigenvalue weighted by Crippen LogP contribution is -2.78. The third kappa shape index (κ3) is 3.52. The normalized spacial score (nSPS) is 35.4. The molecule has 1 aromatic rings. The number of methoxy groups -OCH3 is 1. The van der Waals surface area contributed by atoms with Gasteiger partial charge in [0.05, 0.1) is 17.4 Å². The van der Waals surface area contributed by atoms with Crippen molar-refractivity contribution in [1.82, 2.24) is 10.2 Å². The molecule has 5 aliphatic rings. The number of esters is 1. The molecule has 2 bridgehead atoms. The number of carbonyl (C=O) groups excluding carboxylic acids is 1. The van der Waals surface area contributed by atoms with E-state index in [1.165, 1.54) is 24.0 Å². The molecule has 7 nitrogen and oxygen atoms in total. The van der Waals surface area contributed by atoms with Gasteiger partial charge in [-0.05, 0) is 83.4 Å². The van der Waals surface area contributed by atoms with Crippen LogP contribution in [0.25, 0.3) is 0 Å². The number of carbonyl (C=O) groups is 1. The average Bonchev–Trinajstić information content (AvgIpc) is 3.54. The molecule has 2 unspecified atom stereocenters. The first kappa shape index (κ1) is 23.6. The second-order valence-corrected chi connectivity index (χ2v) is 12.4. The first-order valence-corrected chi connectivity index (χ1v) is 13.4. The van der Waals surface area contributed by atoms with E-state index in [0.29, 0.717) is 24.8 Å². The zero-order valence-electron chi connectivity index (χ0n) is 21.6. The van der Waals surface area contributed by atoms with Gasteiger partial charge in [-0.3, -0.25) is 9.69 Å². The summed E-state index contributed by atoms with van der Waals surface area (Å²) >= 11 is 0. The molecule has 0 amide bonds. The summed E-state index contributed by atoms with van der Waals surface area (Å²) in [5.41, 5.74) is 1.38. The molecule has 1 saturated heterocycles. The van der Waals surface area contributed by atoms with Gasteiger partial charge in [0.1, 0.15) is 11.7 Å². The van der Waals surface area contributed by atoms with Gasteiger partial charge in [0.15, 0.2) is 11.5 Å². The molecule has 2 aliphatic heterocycles. The molecule has 6 rings (SSSR count). The number of hydrogen-bond acceptors (Lipinski definition) is 7. The predicted octanol–water partition coefficient (Wildman–Crippen LogP) is 3.30. The van der Waals surface area contributed by atoms with Crippen LogP contribution in [0, 0.1) is 5.92 Å². The van der Waals surface area contributed by atoms with E-state index in [1.807, 2.05) is 27.9 Å². The summed E-state index contributed by atoms with van der Waals surface area (Å²) in [7, 11) is 1.88. The van der Waals surface area contributed by atoms with Crippen molar-refractivity contribution in [1.29, 1.82) is 0 Å². The smallest absolute Gasteiger partial charge is 0.307 e. The van der Waals surface area contributed by atoms with Crippen LogP contribution in [0.3, 0.4) is 0 Å². The molecule has 3 aliphatic carbocycles. The van der Waals surface area contributed by atoms with E-state index in [2.05, 4.69) is 16.3 Å². The summed E-state index contributed by atoms with van der Waals surface area (Å²) in [6.45, 7) is 8.42. The summed E-state index contributed by atoms with van der Waals surface area (Å²) < 4.78 is 18.8. The number of benzene rings is 1. The van der Waals surface area contributed by atoms with E-state index < -0.39 is 5.60 Å². The highest BCUT2D eigenvalue weighted by Gasteiger charge is 2.73. The van der Waals surface area contributed by atoms with Crippen molar-refractivity contribution in [3.8, 4) is 11.5 Å². The number of aromatic hydroxyl groups is 1. The molecule has 1 spiro atoms. The van der Waals surface area contributed by atoms with Crippen molar-refractivity contribution in [3.05, 3.63) is 23.3 Å². The highest BCUT2D eigenvalue weighted by atomic mass is 16.6. The van der Waals surface area contributed by atoms with Crippen LogP contribution in [-0.2, 0) is 26.1 Å². The third-order valence-corrected chi connectivity index (χ3v) is 9.24. The van der Waals surface area contributed by atoms with Gasteiger partial charge in [-0.25, -0.2) is 0 Å². The van der Waals surface area contributed by atoms with E-state index in [0.717, 1.165) is 44.7 Å². The summed E-state index contributed by atoms with van der Waals surface area (Å²) in [5.74, 6) is 1.52. The molecule has 2 heterocycles. The van der Waals surface area contributed by atoms with E-state index in [1.54, 1.807) is 6.07 Å². The highest BCUT2D eigenvalue weighted by molar-refractivity contribution is 5.70. The highest BCUT2D eigenvalue weighted by Crippen LogP contribution is 2.66. The Morgan fingerprint density at radius 3 is 2.77 bits per heavy atom. The van der Waals surface area contributed by atoms with Crippen LogP contribution in [-0.4, -0.2) is 72.1 Å². The Labute approximate surface area is 208 Å². The van der Waals surface area contributed by atoms with E-state index in [9.17, 15) is 9.90 Å². The van der Waals surface area contributed by atoms with E-state index in [-0.39, 0.29) is 34.9 Å². The maximum Gasteiger partial charge on any atom is 0.307 e. The minimum absolute atomic E-state index is 0.0779. The van der Waals surface area contributed by atoms with Gasteiger partial charge in [0.25, 0.3) is 0 Å². The fourth-order valence-electron chi connectivity index (χ4n) is 7.83. The fraction of sp³-hybridized carbons (Fsp3) is 0.750. The molecule has 7 heteroatoms. The molecule has 2 N–H and O–H groups in total. The van der Waals surface area contributed by atoms with Crippen LogP contribution in [0.15, 0.2) is 12.1 Å². The van der Waals surface area contributed by atoms with Crippen molar-refractivity contribution in [2.45, 2.75) is 101 Å². The molecule has 0 radical (unpaired) electrons. The second-order valence-electron chi connectivity index (χ2n) is 12.4. The zero-order valence-corrected chi connectivity index (χ0v) is 21.6. The molecule has 5 atom stereocenters. The summed E-state index contributed by atoms with van der Waals surface area (Å²) in [6, 6.07) is 4.30. The van der Waals surface area contributed by atoms with Crippen molar-refractivity contribution >= 4 is 5.97 Å². The Hall–Kier alpha value is -1.83. The van der Waals surface area contributed by atoms with Gasteiger partial charge in [-0.15, -0.1) is 0 Å². The number of likely N-dealkylation sites (tertiary alicyclic amines) is 1. The van der Waals surface area contributed by atoms with Gasteiger partial charge >= 0.3 is 5.97 Å². The van der Waals surface area contributed by atoms with Gasteiger partial charge in [-0.1, -0.05) is 6.07 Å². The number of piperidine rings is 1. The molecular weight excluding hydrogens is 444 g/mol. The van der Waals surface area contributed by atoms with Crippen molar-refractivity contribution < 1.29 is 24.1 Å². The molecular formula is C28H40N2O5. The molecule has 0 aromatic heterocycles. The lowest BCUT2D eigenvalue weighted by Gasteiger charge is -2.65. The number of hydrogen-bond donors (Lipinski definition) is 2. The lowest BCUT2D eigenvalue weighted by molar-refractivity contribution is -0.207. The number of phenols is 1. The summed E-state index contributed by atoms with van der Waals surface area (Å²) in [6.07, 6.45) is 6.63. The van der Waals surface area contributed by atoms with Crippen LogP contribution >= 0.6 is 0 Å². The monoisotopic (exact) mass is 484 g/mol. The quantitative estimate of drug-likeness (QED) is 0.575. The van der Waals surface area contributed by atoms with Crippen LogP contribution in [0.2, 0.25) is 0 Å². The topological polar surface area (TPSA) is 80.3 Å². The number of ether oxygens (including phenoxy) is 3. The minimum Gasteiger partial charge on any atom is -0.504 e. The zero-order chi connectivity index (χ0) is 24.6. The molecule has 1 aromatic carbocycles. The Balaban J connectivity index is 1.32. The van der Waals surface area contributed by atoms with Crippen molar-refractivity contribution in [2.24, 2.45) is 5.92 Å². The second kappa shape index (κ2) is 8.09. The number of phenolic OH excluding ortho intramolecular Hbond substituents is 1. The predicted molar refractivity (Wildman–Crippen MR) is 132 cm³/mol. The van der Waals surface area contributed by atoms with Crippen LogP contribution in [0.4, 0.5) is 0 Å². The maximum atomic E-state index is 12.3. The van der Waals surface area contributed by atoms with Crippen molar-refractivity contribution in [3.63, 3.8) is 0 Å². The van der Waals surface area contributed by atoms with Crippen LogP contribution in [0.5, 0.6) is 11.5 Å². The van der Waals surface area contributed by atoms with Crippen molar-refractivity contribution in [2.75, 3.05) is 26.7 Å². The third-order valence-electron chi connectivity index (χ3n) is 9.24. The van der Waals surface area contributed by atoms with Gasteiger partial charge < -0.3 is 24.6 Å². The van der Waals surface area contributed by atoms with Gasteiger partial charge in [-0.2, -0.15) is 0 Å². The molecule has 35 heavy (non-hydrogen) atoms. The SMILES string of the molecule is CO[C@@]12CCC(NCCC(=O)OC(C)(C)C)C3Oc4c(O)ccc5c4[C@@]31CCN(CC1CC1)[C@@H]2C5. The minimum atomic E-state index is -0.478. The number of nitrogens with zero attached hydrogens (tertiary/aromatic N) is 1. The lowest BCUT2D eigenvalue weighted by atomic mass is 9.48. The standard InChI is InChI=1S/C28H40N2O5/c1-26(2,3)35-22(32)10-13-29-19-9-11-28(33-4)21-15-18-7-8-20(31)24-23(18)27(28,25(19)34-24)12-14-30(21)16-17-5-6-17/h7-8,17,19,21,25,29,31H,5-6,9-16H2,1-4H3/t19?,21-,25?,27+,28-/m1/s1. The van der Waals surface area contributed by atoms with E-state index >= 15 is 0 Å². The first-order chi connectivity index (χ1) is 16.7. The Kier molecular flexibility index (Phi) is 5.44. The number of rotatable bonds is 7. The summed E-state index contributed by atoms with van der Waals surface area (Å²) in [5, 5.41) is 14.5. The number of nitrogens with one attached hydrogen (secondary N) is 1. The molecule has 3 fully saturated rings. The van der Waals surface area contributed by atoms with E-state index in [4.69, 9.17) is 14.2 Å². The van der Waals surface area contributed by atoms with Crippen LogP contribution < -0.4 is 10.1 Å². The first-order valence-electron chi connectivity index (χ1n) is 13.4. The van der Waals surface area contributed by atoms with Gasteiger partial charge in [0.2, 0.25) is 0 Å². The average molecular weight is 485 g/mol.